The SMILES string of the molecule is OCC1OC(n2cnc3c(OC4CCCC4)ncnc32)C(O)C1O. The van der Waals surface area contributed by atoms with Crippen molar-refractivity contribution in [1.29, 1.82) is 0 Å². The van der Waals surface area contributed by atoms with Gasteiger partial charge in [-0.1, -0.05) is 0 Å². The Morgan fingerprint density at radius 1 is 1.17 bits per heavy atom. The fraction of sp³-hybridized carbons (Fsp3) is 0.667. The zero-order valence-corrected chi connectivity index (χ0v) is 13.0. The van der Waals surface area contributed by atoms with Gasteiger partial charge in [-0.05, 0) is 25.7 Å². The van der Waals surface area contributed by atoms with Crippen LogP contribution in [-0.4, -0.2) is 65.9 Å². The summed E-state index contributed by atoms with van der Waals surface area (Å²) in [6, 6.07) is 0. The third-order valence-corrected chi connectivity index (χ3v) is 4.70. The number of hydrogen-bond acceptors (Lipinski definition) is 8. The Hall–Kier alpha value is -1.81. The Morgan fingerprint density at radius 3 is 2.67 bits per heavy atom. The largest absolute Gasteiger partial charge is 0.473 e. The number of imidazole rings is 1. The molecule has 4 rings (SSSR count). The van der Waals surface area contributed by atoms with Gasteiger partial charge < -0.3 is 24.8 Å². The van der Waals surface area contributed by atoms with Crippen LogP contribution in [0.25, 0.3) is 11.2 Å². The number of ether oxygens (including phenoxy) is 2. The molecule has 3 N–H and O–H groups in total. The lowest BCUT2D eigenvalue weighted by Crippen LogP contribution is -2.33. The fourth-order valence-electron chi connectivity index (χ4n) is 3.38. The minimum atomic E-state index is -1.19. The van der Waals surface area contributed by atoms with Gasteiger partial charge in [-0.3, -0.25) is 4.57 Å². The highest BCUT2D eigenvalue weighted by atomic mass is 16.6. The third-order valence-electron chi connectivity index (χ3n) is 4.70. The summed E-state index contributed by atoms with van der Waals surface area (Å²) < 4.78 is 13.0. The minimum absolute atomic E-state index is 0.141. The van der Waals surface area contributed by atoms with E-state index in [0.29, 0.717) is 17.0 Å². The van der Waals surface area contributed by atoms with Gasteiger partial charge in [-0.25, -0.2) is 9.97 Å². The average Bonchev–Trinajstić information content (AvgIpc) is 3.30. The van der Waals surface area contributed by atoms with Gasteiger partial charge in [0.25, 0.3) is 0 Å². The van der Waals surface area contributed by atoms with Gasteiger partial charge in [0.05, 0.1) is 12.9 Å². The molecule has 4 unspecified atom stereocenters. The van der Waals surface area contributed by atoms with E-state index in [2.05, 4.69) is 15.0 Å². The van der Waals surface area contributed by atoms with Crippen molar-refractivity contribution in [2.24, 2.45) is 0 Å². The molecule has 1 aliphatic heterocycles. The van der Waals surface area contributed by atoms with Crippen LogP contribution < -0.4 is 4.74 Å². The van der Waals surface area contributed by atoms with Crippen molar-refractivity contribution in [2.75, 3.05) is 6.61 Å². The van der Waals surface area contributed by atoms with Crippen molar-refractivity contribution < 1.29 is 24.8 Å². The molecule has 130 valence electrons. The smallest absolute Gasteiger partial charge is 0.245 e. The molecule has 1 aliphatic carbocycles. The monoisotopic (exact) mass is 336 g/mol. The Labute approximate surface area is 137 Å². The summed E-state index contributed by atoms with van der Waals surface area (Å²) in [6.45, 7) is -0.383. The molecule has 9 heteroatoms. The predicted octanol–water partition coefficient (Wildman–Crippen LogP) is -0.241. The maximum Gasteiger partial charge on any atom is 0.245 e. The Bertz CT molecular complexity index is 717. The molecule has 2 aliphatic rings. The Balaban J connectivity index is 1.65. The maximum absolute atomic E-state index is 10.2. The number of nitrogens with zero attached hydrogens (tertiary/aromatic N) is 4. The quantitative estimate of drug-likeness (QED) is 0.699. The van der Waals surface area contributed by atoms with E-state index in [1.54, 1.807) is 0 Å². The minimum Gasteiger partial charge on any atom is -0.473 e. The molecule has 1 saturated carbocycles. The van der Waals surface area contributed by atoms with Crippen LogP contribution in [0.15, 0.2) is 12.7 Å². The molecule has 3 heterocycles. The first-order chi connectivity index (χ1) is 11.7. The molecule has 4 atom stereocenters. The van der Waals surface area contributed by atoms with Gasteiger partial charge >= 0.3 is 0 Å². The van der Waals surface area contributed by atoms with E-state index in [1.165, 1.54) is 17.2 Å². The molecule has 2 fully saturated rings. The van der Waals surface area contributed by atoms with Crippen molar-refractivity contribution in [3.05, 3.63) is 12.7 Å². The number of aliphatic hydroxyl groups is 3. The van der Waals surface area contributed by atoms with Crippen LogP contribution in [-0.2, 0) is 4.74 Å². The predicted molar refractivity (Wildman–Crippen MR) is 81.2 cm³/mol. The normalized spacial score (nSPS) is 31.1. The molecule has 2 aromatic rings. The number of rotatable bonds is 4. The van der Waals surface area contributed by atoms with E-state index in [9.17, 15) is 15.3 Å². The molecule has 24 heavy (non-hydrogen) atoms. The van der Waals surface area contributed by atoms with Crippen LogP contribution >= 0.6 is 0 Å². The van der Waals surface area contributed by atoms with Crippen LogP contribution in [0.4, 0.5) is 0 Å². The van der Waals surface area contributed by atoms with Gasteiger partial charge in [0, 0.05) is 0 Å². The first-order valence-electron chi connectivity index (χ1n) is 8.15. The van der Waals surface area contributed by atoms with Crippen LogP contribution in [0.1, 0.15) is 31.9 Å². The van der Waals surface area contributed by atoms with Crippen molar-refractivity contribution >= 4 is 11.2 Å². The number of aliphatic hydroxyl groups excluding tert-OH is 3. The van der Waals surface area contributed by atoms with Crippen molar-refractivity contribution in [3.63, 3.8) is 0 Å². The lowest BCUT2D eigenvalue weighted by molar-refractivity contribution is -0.0511. The standard InChI is InChI=1S/C15H20N4O5/c20-5-9-11(21)12(22)15(24-9)19-7-18-10-13(19)16-6-17-14(10)23-8-3-1-2-4-8/h6-9,11-12,15,20-22H,1-5H2. The van der Waals surface area contributed by atoms with E-state index in [0.717, 1.165) is 25.7 Å². The van der Waals surface area contributed by atoms with E-state index in [1.807, 2.05) is 0 Å². The van der Waals surface area contributed by atoms with Gasteiger partial charge in [-0.15, -0.1) is 0 Å². The van der Waals surface area contributed by atoms with Crippen molar-refractivity contribution in [3.8, 4) is 5.88 Å². The molecule has 0 bridgehead atoms. The summed E-state index contributed by atoms with van der Waals surface area (Å²) in [6.07, 6.45) is 3.21. The zero-order valence-electron chi connectivity index (χ0n) is 13.0. The molecular formula is C15H20N4O5. The lowest BCUT2D eigenvalue weighted by Gasteiger charge is -2.16. The second-order valence-electron chi connectivity index (χ2n) is 6.26. The van der Waals surface area contributed by atoms with E-state index in [-0.39, 0.29) is 12.7 Å². The van der Waals surface area contributed by atoms with Gasteiger partial charge in [0.15, 0.2) is 17.4 Å². The van der Waals surface area contributed by atoms with Gasteiger partial charge in [-0.2, -0.15) is 4.98 Å². The molecule has 0 aromatic carbocycles. The molecule has 0 radical (unpaired) electrons. The average molecular weight is 336 g/mol. The highest BCUT2D eigenvalue weighted by molar-refractivity contribution is 5.76. The first kappa shape index (κ1) is 15.7. The van der Waals surface area contributed by atoms with Crippen molar-refractivity contribution in [2.45, 2.75) is 56.3 Å². The van der Waals surface area contributed by atoms with Gasteiger partial charge in [0.1, 0.15) is 30.7 Å². The summed E-state index contributed by atoms with van der Waals surface area (Å²) in [7, 11) is 0. The summed E-state index contributed by atoms with van der Waals surface area (Å²) >= 11 is 0. The maximum atomic E-state index is 10.2. The summed E-state index contributed by atoms with van der Waals surface area (Å²) in [4.78, 5) is 12.7. The van der Waals surface area contributed by atoms with Crippen LogP contribution in [0.2, 0.25) is 0 Å². The lowest BCUT2D eigenvalue weighted by atomic mass is 10.1. The highest BCUT2D eigenvalue weighted by Gasteiger charge is 2.44. The molecule has 9 nitrogen and oxygen atoms in total. The summed E-state index contributed by atoms with van der Waals surface area (Å²) in [5, 5.41) is 29.3. The Morgan fingerprint density at radius 2 is 1.96 bits per heavy atom. The van der Waals surface area contributed by atoms with Gasteiger partial charge in [0.2, 0.25) is 5.88 Å². The van der Waals surface area contributed by atoms with E-state index in [4.69, 9.17) is 9.47 Å². The van der Waals surface area contributed by atoms with Crippen LogP contribution in [0.3, 0.4) is 0 Å². The first-order valence-corrected chi connectivity index (χ1v) is 8.15. The number of hydrogen-bond donors (Lipinski definition) is 3. The second-order valence-corrected chi connectivity index (χ2v) is 6.26. The van der Waals surface area contributed by atoms with Crippen LogP contribution in [0, 0.1) is 0 Å². The zero-order chi connectivity index (χ0) is 16.7. The number of fused-ring (bicyclic) bond motifs is 1. The molecule has 0 spiro atoms. The molecule has 2 aromatic heterocycles. The summed E-state index contributed by atoms with van der Waals surface area (Å²) in [5.74, 6) is 0.414. The van der Waals surface area contributed by atoms with Crippen molar-refractivity contribution in [1.82, 2.24) is 19.5 Å². The molecular weight excluding hydrogens is 316 g/mol. The van der Waals surface area contributed by atoms with E-state index >= 15 is 0 Å². The number of aromatic nitrogens is 4. The second kappa shape index (κ2) is 6.25. The molecule has 1 saturated heterocycles. The third kappa shape index (κ3) is 2.53. The fourth-order valence-corrected chi connectivity index (χ4v) is 3.38. The Kier molecular flexibility index (Phi) is 4.09. The summed E-state index contributed by atoms with van der Waals surface area (Å²) in [5.41, 5.74) is 0.940. The van der Waals surface area contributed by atoms with Crippen LogP contribution in [0.5, 0.6) is 5.88 Å². The highest BCUT2D eigenvalue weighted by Crippen LogP contribution is 2.33. The van der Waals surface area contributed by atoms with E-state index < -0.39 is 24.5 Å². The molecule has 0 amide bonds. The topological polar surface area (TPSA) is 123 Å².